The molecule has 1 rings (SSSR count). The molecule has 0 radical (unpaired) electrons. The van der Waals surface area contributed by atoms with Crippen molar-refractivity contribution >= 4 is 32.4 Å². The van der Waals surface area contributed by atoms with Gasteiger partial charge in [0.2, 0.25) is 0 Å². The predicted octanol–water partition coefficient (Wildman–Crippen LogP) is 2.55. The van der Waals surface area contributed by atoms with Crippen LogP contribution >= 0.6 is 27.3 Å². The number of hydrogen-bond acceptors (Lipinski definition) is 4. The van der Waals surface area contributed by atoms with Crippen LogP contribution in [-0.4, -0.2) is 37.1 Å². The van der Waals surface area contributed by atoms with Gasteiger partial charge in [-0.3, -0.25) is 0 Å². The predicted molar refractivity (Wildman–Crippen MR) is 69.4 cm³/mol. The quantitative estimate of drug-likeness (QED) is 0.754. The summed E-state index contributed by atoms with van der Waals surface area (Å²) in [5.74, 6) is 0. The van der Waals surface area contributed by atoms with Gasteiger partial charge in [-0.05, 0) is 6.42 Å². The highest BCUT2D eigenvalue weighted by molar-refractivity contribution is 9.09. The van der Waals surface area contributed by atoms with E-state index >= 15 is 0 Å². The Kier molecular flexibility index (Phi) is 5.56. The molecule has 0 amide bonds. The van der Waals surface area contributed by atoms with E-state index in [-0.39, 0.29) is 0 Å². The van der Waals surface area contributed by atoms with Gasteiger partial charge in [-0.2, -0.15) is 0 Å². The first kappa shape index (κ1) is 12.9. The lowest BCUT2D eigenvalue weighted by atomic mass is 10.4. The third kappa shape index (κ3) is 4.09. The molecule has 5 heteroatoms. The van der Waals surface area contributed by atoms with Crippen molar-refractivity contribution in [2.45, 2.75) is 18.2 Å². The number of aryl methyl sites for hydroxylation is 1. The number of ether oxygens (including phenoxy) is 1. The zero-order valence-corrected chi connectivity index (χ0v) is 11.8. The summed E-state index contributed by atoms with van der Waals surface area (Å²) in [4.78, 5) is 7.03. The van der Waals surface area contributed by atoms with E-state index in [1.165, 1.54) is 5.69 Å². The monoisotopic (exact) mass is 292 g/mol. The summed E-state index contributed by atoms with van der Waals surface area (Å²) < 4.78 is 5.08. The minimum absolute atomic E-state index is 0.349. The summed E-state index contributed by atoms with van der Waals surface area (Å²) in [6.07, 6.45) is 1.00. The Balaban J connectivity index is 2.49. The third-order valence-corrected chi connectivity index (χ3v) is 3.61. The number of hydrogen-bond donors (Lipinski definition) is 0. The fourth-order valence-corrected chi connectivity index (χ4v) is 2.83. The molecule has 3 nitrogen and oxygen atoms in total. The molecule has 0 bridgehead atoms. The minimum atomic E-state index is 0.349. The van der Waals surface area contributed by atoms with E-state index < -0.39 is 0 Å². The number of thiazole rings is 1. The molecular formula is C10H17BrN2OS. The summed E-state index contributed by atoms with van der Waals surface area (Å²) in [5.41, 5.74) is 1.17. The molecule has 0 aliphatic carbocycles. The first-order chi connectivity index (χ1) is 7.17. The van der Waals surface area contributed by atoms with Crippen molar-refractivity contribution in [1.29, 1.82) is 0 Å². The van der Waals surface area contributed by atoms with Crippen molar-refractivity contribution in [1.82, 2.24) is 4.98 Å². The Morgan fingerprint density at radius 2 is 2.40 bits per heavy atom. The van der Waals surface area contributed by atoms with Crippen molar-refractivity contribution in [3.05, 3.63) is 11.1 Å². The second kappa shape index (κ2) is 6.45. The third-order valence-electron chi connectivity index (χ3n) is 2.05. The molecule has 0 aliphatic heterocycles. The van der Waals surface area contributed by atoms with Crippen LogP contribution in [0.3, 0.4) is 0 Å². The van der Waals surface area contributed by atoms with Crippen molar-refractivity contribution < 1.29 is 4.74 Å². The molecule has 1 aromatic heterocycles. The zero-order valence-electron chi connectivity index (χ0n) is 9.36. The highest BCUT2D eigenvalue weighted by Gasteiger charge is 2.11. The van der Waals surface area contributed by atoms with Gasteiger partial charge >= 0.3 is 0 Å². The fraction of sp³-hybridized carbons (Fsp3) is 0.700. The molecule has 1 unspecified atom stereocenters. The average Bonchev–Trinajstić information content (AvgIpc) is 2.66. The van der Waals surface area contributed by atoms with Gasteiger partial charge in [-0.25, -0.2) is 4.98 Å². The van der Waals surface area contributed by atoms with Crippen LogP contribution in [0.5, 0.6) is 0 Å². The molecule has 1 atom stereocenters. The van der Waals surface area contributed by atoms with Gasteiger partial charge in [0.15, 0.2) is 5.13 Å². The van der Waals surface area contributed by atoms with Crippen LogP contribution in [0.15, 0.2) is 5.38 Å². The largest absolute Gasteiger partial charge is 0.383 e. The Labute approximate surface area is 104 Å². The molecule has 0 aromatic carbocycles. The van der Waals surface area contributed by atoms with Crippen LogP contribution < -0.4 is 4.90 Å². The SMILES string of the molecule is CCc1csc(N(C)CC(Br)COC)n1. The smallest absolute Gasteiger partial charge is 0.185 e. The number of rotatable bonds is 6. The maximum Gasteiger partial charge on any atom is 0.185 e. The van der Waals surface area contributed by atoms with Crippen LogP contribution in [0.25, 0.3) is 0 Å². The highest BCUT2D eigenvalue weighted by atomic mass is 79.9. The van der Waals surface area contributed by atoms with Gasteiger partial charge < -0.3 is 9.64 Å². The Hall–Kier alpha value is -0.130. The summed E-state index contributed by atoms with van der Waals surface area (Å²) in [7, 11) is 3.77. The van der Waals surface area contributed by atoms with Crippen LogP contribution in [0.1, 0.15) is 12.6 Å². The zero-order chi connectivity index (χ0) is 11.3. The van der Waals surface area contributed by atoms with Gasteiger partial charge in [0.05, 0.1) is 17.1 Å². The van der Waals surface area contributed by atoms with E-state index in [9.17, 15) is 0 Å². The molecule has 0 aliphatic rings. The molecule has 1 aromatic rings. The van der Waals surface area contributed by atoms with Gasteiger partial charge in [0.1, 0.15) is 0 Å². The number of aromatic nitrogens is 1. The van der Waals surface area contributed by atoms with Gasteiger partial charge in [0.25, 0.3) is 0 Å². The van der Waals surface area contributed by atoms with Crippen LogP contribution in [-0.2, 0) is 11.2 Å². The van der Waals surface area contributed by atoms with Crippen molar-refractivity contribution in [3.63, 3.8) is 0 Å². The lowest BCUT2D eigenvalue weighted by Crippen LogP contribution is -2.28. The average molecular weight is 293 g/mol. The lowest BCUT2D eigenvalue weighted by Gasteiger charge is -2.19. The molecule has 15 heavy (non-hydrogen) atoms. The molecule has 0 saturated carbocycles. The van der Waals surface area contributed by atoms with Crippen molar-refractivity contribution in [2.75, 3.05) is 32.2 Å². The first-order valence-electron chi connectivity index (χ1n) is 4.96. The van der Waals surface area contributed by atoms with E-state index in [2.05, 4.69) is 45.2 Å². The number of methoxy groups -OCH3 is 1. The van der Waals surface area contributed by atoms with E-state index in [1.807, 2.05) is 0 Å². The first-order valence-corrected chi connectivity index (χ1v) is 6.75. The lowest BCUT2D eigenvalue weighted by molar-refractivity contribution is 0.202. The molecule has 0 spiro atoms. The van der Waals surface area contributed by atoms with Gasteiger partial charge in [-0.15, -0.1) is 11.3 Å². The van der Waals surface area contributed by atoms with E-state index in [4.69, 9.17) is 4.74 Å². The highest BCUT2D eigenvalue weighted by Crippen LogP contribution is 2.20. The summed E-state index contributed by atoms with van der Waals surface area (Å²) in [6.45, 7) is 3.75. The number of alkyl halides is 1. The summed E-state index contributed by atoms with van der Waals surface area (Å²) in [6, 6.07) is 0. The molecule has 1 heterocycles. The Morgan fingerprint density at radius 1 is 1.67 bits per heavy atom. The fourth-order valence-electron chi connectivity index (χ4n) is 1.24. The van der Waals surface area contributed by atoms with Crippen LogP contribution in [0.2, 0.25) is 0 Å². The van der Waals surface area contributed by atoms with E-state index in [0.29, 0.717) is 4.83 Å². The Bertz CT molecular complexity index is 293. The van der Waals surface area contributed by atoms with Crippen LogP contribution in [0.4, 0.5) is 5.13 Å². The number of nitrogens with zero attached hydrogens (tertiary/aromatic N) is 2. The molecule has 86 valence electrons. The number of anilines is 1. The summed E-state index contributed by atoms with van der Waals surface area (Å²) in [5, 5.41) is 3.19. The normalized spacial score (nSPS) is 12.8. The maximum atomic E-state index is 5.08. The van der Waals surface area contributed by atoms with Crippen LogP contribution in [0, 0.1) is 0 Å². The topological polar surface area (TPSA) is 25.4 Å². The minimum Gasteiger partial charge on any atom is -0.383 e. The second-order valence-electron chi connectivity index (χ2n) is 3.41. The second-order valence-corrected chi connectivity index (χ2v) is 5.54. The molecule has 0 fully saturated rings. The molecule has 0 N–H and O–H groups in total. The van der Waals surface area contributed by atoms with E-state index in [0.717, 1.165) is 24.7 Å². The van der Waals surface area contributed by atoms with Gasteiger partial charge in [-0.1, -0.05) is 22.9 Å². The molecule has 0 saturated heterocycles. The standard InChI is InChI=1S/C10H17BrN2OS/c1-4-9-7-15-10(12-9)13(2)5-8(11)6-14-3/h7-8H,4-6H2,1-3H3. The number of halogens is 1. The van der Waals surface area contributed by atoms with Crippen molar-refractivity contribution in [3.8, 4) is 0 Å². The van der Waals surface area contributed by atoms with E-state index in [1.54, 1.807) is 18.4 Å². The molecular weight excluding hydrogens is 276 g/mol. The van der Waals surface area contributed by atoms with Gasteiger partial charge in [0, 0.05) is 26.1 Å². The van der Waals surface area contributed by atoms with Crippen molar-refractivity contribution in [2.24, 2.45) is 0 Å². The summed E-state index contributed by atoms with van der Waals surface area (Å²) >= 11 is 5.27. The maximum absolute atomic E-state index is 5.08. The Morgan fingerprint density at radius 3 is 2.93 bits per heavy atom.